The second-order valence-corrected chi connectivity index (χ2v) is 4.62. The molecule has 0 saturated heterocycles. The smallest absolute Gasteiger partial charge is 0.155 e. The average Bonchev–Trinajstić information content (AvgIpc) is 2.83. The van der Waals surface area contributed by atoms with Crippen LogP contribution >= 0.6 is 0 Å². The van der Waals surface area contributed by atoms with Crippen molar-refractivity contribution in [1.82, 2.24) is 0 Å². The van der Waals surface area contributed by atoms with Crippen LogP contribution in [0.4, 0.5) is 0 Å². The van der Waals surface area contributed by atoms with Crippen LogP contribution < -0.4 is 0 Å². The van der Waals surface area contributed by atoms with Crippen LogP contribution in [0.15, 0.2) is 48.6 Å². The van der Waals surface area contributed by atoms with Gasteiger partial charge in [-0.3, -0.25) is 4.79 Å². The second-order valence-electron chi connectivity index (χ2n) is 4.62. The molecule has 1 aromatic carbocycles. The predicted octanol–water partition coefficient (Wildman–Crippen LogP) is 4.27. The Labute approximate surface area is 109 Å². The standard InChI is InChI=1S/C17H18O/c1-3-17(18)11-7-14-5-9-15(10-6-14)16-8-4-13(2)12-16/h4-13H,3H2,1-2H3/b11-7+. The molecule has 2 rings (SSSR count). The van der Waals surface area contributed by atoms with Crippen molar-refractivity contribution in [2.75, 3.05) is 0 Å². The molecule has 0 radical (unpaired) electrons. The van der Waals surface area contributed by atoms with Gasteiger partial charge in [0.1, 0.15) is 0 Å². The molecule has 0 saturated carbocycles. The van der Waals surface area contributed by atoms with E-state index in [0.717, 1.165) is 5.56 Å². The Balaban J connectivity index is 2.11. The van der Waals surface area contributed by atoms with Crippen LogP contribution in [0.3, 0.4) is 0 Å². The summed E-state index contributed by atoms with van der Waals surface area (Å²) in [4.78, 5) is 11.2. The first kappa shape index (κ1) is 12.6. The van der Waals surface area contributed by atoms with Gasteiger partial charge < -0.3 is 0 Å². The minimum absolute atomic E-state index is 0.161. The number of benzene rings is 1. The normalized spacial score (nSPS) is 18.3. The van der Waals surface area contributed by atoms with Crippen LogP contribution in [0.2, 0.25) is 0 Å². The zero-order chi connectivity index (χ0) is 13.0. The van der Waals surface area contributed by atoms with Gasteiger partial charge in [0.2, 0.25) is 0 Å². The summed E-state index contributed by atoms with van der Waals surface area (Å²) in [6, 6.07) is 8.30. The fourth-order valence-corrected chi connectivity index (χ4v) is 1.94. The highest BCUT2D eigenvalue weighted by Crippen LogP contribution is 2.25. The zero-order valence-electron chi connectivity index (χ0n) is 10.9. The van der Waals surface area contributed by atoms with Crippen LogP contribution in [-0.2, 0) is 4.79 Å². The molecule has 0 amide bonds. The Morgan fingerprint density at radius 3 is 2.56 bits per heavy atom. The number of hydrogen-bond donors (Lipinski definition) is 0. The maximum atomic E-state index is 11.2. The third-order valence-electron chi connectivity index (χ3n) is 3.08. The van der Waals surface area contributed by atoms with Crippen LogP contribution in [0.25, 0.3) is 11.6 Å². The summed E-state index contributed by atoms with van der Waals surface area (Å²) in [5.41, 5.74) is 3.58. The molecule has 0 aromatic heterocycles. The minimum atomic E-state index is 0.161. The molecule has 92 valence electrons. The van der Waals surface area contributed by atoms with Crippen LogP contribution in [0.1, 0.15) is 31.4 Å². The monoisotopic (exact) mass is 238 g/mol. The third-order valence-corrected chi connectivity index (χ3v) is 3.08. The Hall–Kier alpha value is -1.89. The van der Waals surface area contributed by atoms with E-state index in [2.05, 4.69) is 37.3 Å². The van der Waals surface area contributed by atoms with Crippen molar-refractivity contribution in [3.63, 3.8) is 0 Å². The zero-order valence-corrected chi connectivity index (χ0v) is 10.9. The maximum absolute atomic E-state index is 11.2. The molecule has 1 aromatic rings. The summed E-state index contributed by atoms with van der Waals surface area (Å²) in [7, 11) is 0. The Morgan fingerprint density at radius 1 is 1.28 bits per heavy atom. The molecule has 18 heavy (non-hydrogen) atoms. The van der Waals surface area contributed by atoms with Gasteiger partial charge in [0.05, 0.1) is 0 Å². The average molecular weight is 238 g/mol. The van der Waals surface area contributed by atoms with Crippen molar-refractivity contribution >= 4 is 17.4 Å². The molecule has 1 aliphatic carbocycles. The lowest BCUT2D eigenvalue weighted by Crippen LogP contribution is -1.87. The van der Waals surface area contributed by atoms with Crippen LogP contribution in [0, 0.1) is 5.92 Å². The molecule has 1 atom stereocenters. The molecule has 0 spiro atoms. The molecule has 1 unspecified atom stereocenters. The van der Waals surface area contributed by atoms with E-state index in [0.29, 0.717) is 12.3 Å². The van der Waals surface area contributed by atoms with Crippen molar-refractivity contribution in [1.29, 1.82) is 0 Å². The van der Waals surface area contributed by atoms with Gasteiger partial charge >= 0.3 is 0 Å². The minimum Gasteiger partial charge on any atom is -0.295 e. The second kappa shape index (κ2) is 5.63. The number of ketones is 1. The lowest BCUT2D eigenvalue weighted by atomic mass is 10.0. The molecule has 0 fully saturated rings. The van der Waals surface area contributed by atoms with Crippen molar-refractivity contribution in [3.8, 4) is 0 Å². The highest BCUT2D eigenvalue weighted by Gasteiger charge is 2.05. The summed E-state index contributed by atoms with van der Waals surface area (Å²) in [5, 5.41) is 0. The number of carbonyl (C=O) groups excluding carboxylic acids is 1. The molecule has 1 nitrogen and oxygen atoms in total. The summed E-state index contributed by atoms with van der Waals surface area (Å²) in [5.74, 6) is 0.691. The van der Waals surface area contributed by atoms with Gasteiger partial charge in [0, 0.05) is 6.42 Å². The fraction of sp³-hybridized carbons (Fsp3) is 0.235. The lowest BCUT2D eigenvalue weighted by molar-refractivity contribution is -0.114. The fourth-order valence-electron chi connectivity index (χ4n) is 1.94. The van der Waals surface area contributed by atoms with E-state index < -0.39 is 0 Å². The number of rotatable bonds is 4. The Morgan fingerprint density at radius 2 is 2.00 bits per heavy atom. The lowest BCUT2D eigenvalue weighted by Gasteiger charge is -2.01. The molecule has 1 heteroatoms. The van der Waals surface area contributed by atoms with Crippen LogP contribution in [-0.4, -0.2) is 5.78 Å². The van der Waals surface area contributed by atoms with Gasteiger partial charge in [0.15, 0.2) is 5.78 Å². The molecular formula is C17H18O. The van der Waals surface area contributed by atoms with Gasteiger partial charge in [-0.15, -0.1) is 0 Å². The number of hydrogen-bond acceptors (Lipinski definition) is 1. The SMILES string of the molecule is CCC(=O)/C=C/c1ccc(C2=CC(C)C=C2)cc1. The highest BCUT2D eigenvalue weighted by atomic mass is 16.1. The highest BCUT2D eigenvalue weighted by molar-refractivity contribution is 5.93. The Bertz CT molecular complexity index is 515. The van der Waals surface area contributed by atoms with Gasteiger partial charge in [-0.05, 0) is 28.7 Å². The first-order valence-corrected chi connectivity index (χ1v) is 6.40. The van der Waals surface area contributed by atoms with Gasteiger partial charge in [-0.2, -0.15) is 0 Å². The van der Waals surface area contributed by atoms with E-state index in [1.807, 2.05) is 25.1 Å². The quantitative estimate of drug-likeness (QED) is 0.716. The summed E-state index contributed by atoms with van der Waals surface area (Å²) >= 11 is 0. The first-order chi connectivity index (χ1) is 8.69. The van der Waals surface area contributed by atoms with Gasteiger partial charge in [-0.1, -0.05) is 62.4 Å². The molecule has 0 bridgehead atoms. The molecular weight excluding hydrogens is 220 g/mol. The number of carbonyl (C=O) groups is 1. The van der Waals surface area contributed by atoms with Crippen molar-refractivity contribution in [2.45, 2.75) is 20.3 Å². The van der Waals surface area contributed by atoms with E-state index in [4.69, 9.17) is 0 Å². The largest absolute Gasteiger partial charge is 0.295 e. The van der Waals surface area contributed by atoms with Gasteiger partial charge in [0.25, 0.3) is 0 Å². The molecule has 0 heterocycles. The first-order valence-electron chi connectivity index (χ1n) is 6.40. The summed E-state index contributed by atoms with van der Waals surface area (Å²) < 4.78 is 0. The number of allylic oxidation sites excluding steroid dienone is 5. The van der Waals surface area contributed by atoms with E-state index >= 15 is 0 Å². The van der Waals surface area contributed by atoms with Crippen molar-refractivity contribution in [3.05, 3.63) is 59.7 Å². The topological polar surface area (TPSA) is 17.1 Å². The molecule has 0 aliphatic heterocycles. The predicted molar refractivity (Wildman–Crippen MR) is 77.1 cm³/mol. The summed E-state index contributed by atoms with van der Waals surface area (Å²) in [6.07, 6.45) is 10.7. The van der Waals surface area contributed by atoms with Crippen molar-refractivity contribution in [2.24, 2.45) is 5.92 Å². The van der Waals surface area contributed by atoms with E-state index in [-0.39, 0.29) is 5.78 Å². The van der Waals surface area contributed by atoms with Crippen molar-refractivity contribution < 1.29 is 4.79 Å². The molecule has 0 N–H and O–H groups in total. The van der Waals surface area contributed by atoms with Crippen LogP contribution in [0.5, 0.6) is 0 Å². The van der Waals surface area contributed by atoms with E-state index in [9.17, 15) is 4.79 Å². The Kier molecular flexibility index (Phi) is 3.93. The summed E-state index contributed by atoms with van der Waals surface area (Å²) in [6.45, 7) is 4.05. The third kappa shape index (κ3) is 3.07. The van der Waals surface area contributed by atoms with Gasteiger partial charge in [-0.25, -0.2) is 0 Å². The van der Waals surface area contributed by atoms with E-state index in [1.165, 1.54) is 11.1 Å². The maximum Gasteiger partial charge on any atom is 0.155 e. The van der Waals surface area contributed by atoms with E-state index in [1.54, 1.807) is 6.08 Å². The molecule has 1 aliphatic rings.